The first kappa shape index (κ1) is 15.3. The standard InChI is InChI=1S/C11H10Cl2N2O4/c12-6-1-2-7(8(13)3-6)11(19)15-4-9(16)14-5-10(17)18/h1-3H,4-5H2,(H,14,16)(H,15,19)(H,17,18). The van der Waals surface area contributed by atoms with Crippen LogP contribution in [0.25, 0.3) is 0 Å². The van der Waals surface area contributed by atoms with E-state index in [1.807, 2.05) is 0 Å². The van der Waals surface area contributed by atoms with Crippen molar-refractivity contribution in [2.75, 3.05) is 13.1 Å². The molecule has 6 nitrogen and oxygen atoms in total. The Hall–Kier alpha value is -1.79. The summed E-state index contributed by atoms with van der Waals surface area (Å²) in [5.74, 6) is -2.33. The molecule has 1 rings (SSSR count). The van der Waals surface area contributed by atoms with Gasteiger partial charge in [-0.05, 0) is 18.2 Å². The molecule has 8 heteroatoms. The topological polar surface area (TPSA) is 95.5 Å². The van der Waals surface area contributed by atoms with E-state index in [4.69, 9.17) is 28.3 Å². The normalized spacial score (nSPS) is 9.79. The number of nitrogens with one attached hydrogen (secondary N) is 2. The molecule has 3 N–H and O–H groups in total. The molecule has 0 radical (unpaired) electrons. The van der Waals surface area contributed by atoms with E-state index >= 15 is 0 Å². The molecule has 0 saturated carbocycles. The molecule has 0 bridgehead atoms. The molecule has 0 spiro atoms. The van der Waals surface area contributed by atoms with Crippen molar-refractivity contribution in [3.63, 3.8) is 0 Å². The molecule has 2 amide bonds. The first-order valence-electron chi connectivity index (χ1n) is 5.12. The van der Waals surface area contributed by atoms with Crippen LogP contribution in [0, 0.1) is 0 Å². The van der Waals surface area contributed by atoms with Crippen molar-refractivity contribution < 1.29 is 19.5 Å². The fourth-order valence-electron chi connectivity index (χ4n) is 1.17. The summed E-state index contributed by atoms with van der Waals surface area (Å²) in [7, 11) is 0. The lowest BCUT2D eigenvalue weighted by Gasteiger charge is -2.07. The Labute approximate surface area is 118 Å². The third-order valence-corrected chi connectivity index (χ3v) is 2.57. The van der Waals surface area contributed by atoms with Gasteiger partial charge in [-0.2, -0.15) is 0 Å². The lowest BCUT2D eigenvalue weighted by molar-refractivity contribution is -0.137. The molecular formula is C11H10Cl2N2O4. The van der Waals surface area contributed by atoms with Gasteiger partial charge in [0.1, 0.15) is 6.54 Å². The van der Waals surface area contributed by atoms with Crippen molar-refractivity contribution in [3.8, 4) is 0 Å². The zero-order chi connectivity index (χ0) is 14.4. The lowest BCUT2D eigenvalue weighted by Crippen LogP contribution is -2.39. The van der Waals surface area contributed by atoms with Crippen molar-refractivity contribution in [2.24, 2.45) is 0 Å². The number of halogens is 2. The highest BCUT2D eigenvalue weighted by atomic mass is 35.5. The van der Waals surface area contributed by atoms with Crippen molar-refractivity contribution in [2.45, 2.75) is 0 Å². The maximum atomic E-state index is 11.7. The van der Waals surface area contributed by atoms with E-state index in [1.165, 1.54) is 18.2 Å². The average molecular weight is 305 g/mol. The molecule has 1 aromatic carbocycles. The Bertz CT molecular complexity index is 519. The van der Waals surface area contributed by atoms with Crippen LogP contribution in [0.15, 0.2) is 18.2 Å². The van der Waals surface area contributed by atoms with E-state index in [9.17, 15) is 14.4 Å². The van der Waals surface area contributed by atoms with Crippen LogP contribution in [0.3, 0.4) is 0 Å². The highest BCUT2D eigenvalue weighted by molar-refractivity contribution is 6.36. The number of carbonyl (C=O) groups excluding carboxylic acids is 2. The number of carboxylic acid groups (broad SMARTS) is 1. The van der Waals surface area contributed by atoms with Gasteiger partial charge in [-0.1, -0.05) is 23.2 Å². The summed E-state index contributed by atoms with van der Waals surface area (Å²) in [6, 6.07) is 4.32. The van der Waals surface area contributed by atoms with Gasteiger partial charge in [0.2, 0.25) is 5.91 Å². The van der Waals surface area contributed by atoms with Crippen LogP contribution in [-0.2, 0) is 9.59 Å². The lowest BCUT2D eigenvalue weighted by atomic mass is 10.2. The van der Waals surface area contributed by atoms with Gasteiger partial charge in [-0.3, -0.25) is 14.4 Å². The van der Waals surface area contributed by atoms with Crippen LogP contribution in [0.5, 0.6) is 0 Å². The summed E-state index contributed by atoms with van der Waals surface area (Å²) in [5, 5.41) is 13.3. The summed E-state index contributed by atoms with van der Waals surface area (Å²) in [4.78, 5) is 33.1. The van der Waals surface area contributed by atoms with Crippen LogP contribution in [0.1, 0.15) is 10.4 Å². The third kappa shape index (κ3) is 5.15. The molecule has 0 heterocycles. The van der Waals surface area contributed by atoms with Crippen LogP contribution in [0.4, 0.5) is 0 Å². The molecule has 0 aliphatic rings. The number of amides is 2. The maximum Gasteiger partial charge on any atom is 0.322 e. The molecule has 19 heavy (non-hydrogen) atoms. The second-order valence-electron chi connectivity index (χ2n) is 3.48. The molecule has 0 atom stereocenters. The molecule has 0 saturated heterocycles. The van der Waals surface area contributed by atoms with Crippen molar-refractivity contribution in [1.82, 2.24) is 10.6 Å². The Balaban J connectivity index is 2.51. The van der Waals surface area contributed by atoms with Crippen molar-refractivity contribution in [1.29, 1.82) is 0 Å². The SMILES string of the molecule is O=C(O)CNC(=O)CNC(=O)c1ccc(Cl)cc1Cl. The summed E-state index contributed by atoms with van der Waals surface area (Å²) >= 11 is 11.5. The molecule has 0 aliphatic heterocycles. The quantitative estimate of drug-likeness (QED) is 0.754. The predicted octanol–water partition coefficient (Wildman–Crippen LogP) is 0.924. The molecule has 0 aliphatic carbocycles. The summed E-state index contributed by atoms with van der Waals surface area (Å²) in [6.45, 7) is -0.846. The van der Waals surface area contributed by atoms with Gasteiger partial charge in [0.05, 0.1) is 17.1 Å². The third-order valence-electron chi connectivity index (χ3n) is 2.02. The second-order valence-corrected chi connectivity index (χ2v) is 4.32. The number of aliphatic carboxylic acids is 1. The minimum Gasteiger partial charge on any atom is -0.480 e. The van der Waals surface area contributed by atoms with E-state index in [0.717, 1.165) is 0 Å². The van der Waals surface area contributed by atoms with E-state index in [1.54, 1.807) is 0 Å². The minimum absolute atomic E-state index is 0.163. The summed E-state index contributed by atoms with van der Waals surface area (Å²) in [6.07, 6.45) is 0. The Kier molecular flexibility index (Phi) is 5.59. The molecule has 0 aromatic heterocycles. The van der Waals surface area contributed by atoms with Crippen LogP contribution in [0.2, 0.25) is 10.0 Å². The molecule has 1 aromatic rings. The number of hydrogen-bond donors (Lipinski definition) is 3. The number of rotatable bonds is 5. The summed E-state index contributed by atoms with van der Waals surface area (Å²) in [5.41, 5.74) is 0.178. The molecule has 102 valence electrons. The summed E-state index contributed by atoms with van der Waals surface area (Å²) < 4.78 is 0. The highest BCUT2D eigenvalue weighted by Crippen LogP contribution is 2.20. The smallest absolute Gasteiger partial charge is 0.322 e. The largest absolute Gasteiger partial charge is 0.480 e. The fourth-order valence-corrected chi connectivity index (χ4v) is 1.66. The van der Waals surface area contributed by atoms with Crippen LogP contribution >= 0.6 is 23.2 Å². The Morgan fingerprint density at radius 2 is 1.79 bits per heavy atom. The van der Waals surface area contributed by atoms with E-state index in [0.29, 0.717) is 5.02 Å². The van der Waals surface area contributed by atoms with E-state index in [2.05, 4.69) is 10.6 Å². The Morgan fingerprint density at radius 1 is 1.11 bits per heavy atom. The Morgan fingerprint density at radius 3 is 2.37 bits per heavy atom. The monoisotopic (exact) mass is 304 g/mol. The molecule has 0 fully saturated rings. The van der Waals surface area contributed by atoms with Gasteiger partial charge in [-0.25, -0.2) is 0 Å². The fraction of sp³-hybridized carbons (Fsp3) is 0.182. The zero-order valence-corrected chi connectivity index (χ0v) is 11.1. The van der Waals surface area contributed by atoms with Gasteiger partial charge in [0.15, 0.2) is 0 Å². The van der Waals surface area contributed by atoms with Gasteiger partial charge in [0, 0.05) is 5.02 Å². The molecular weight excluding hydrogens is 295 g/mol. The number of carbonyl (C=O) groups is 3. The minimum atomic E-state index is -1.17. The predicted molar refractivity (Wildman–Crippen MR) is 69.4 cm³/mol. The van der Waals surface area contributed by atoms with Gasteiger partial charge >= 0.3 is 5.97 Å². The second kappa shape index (κ2) is 6.96. The first-order chi connectivity index (χ1) is 8.90. The van der Waals surface area contributed by atoms with Gasteiger partial charge in [0.25, 0.3) is 5.91 Å². The van der Waals surface area contributed by atoms with Crippen LogP contribution in [-0.4, -0.2) is 36.0 Å². The van der Waals surface area contributed by atoms with Gasteiger partial charge < -0.3 is 15.7 Å². The van der Waals surface area contributed by atoms with Crippen molar-refractivity contribution >= 4 is 41.0 Å². The molecule has 0 unspecified atom stereocenters. The number of hydrogen-bond acceptors (Lipinski definition) is 3. The van der Waals surface area contributed by atoms with E-state index < -0.39 is 24.3 Å². The van der Waals surface area contributed by atoms with Gasteiger partial charge in [-0.15, -0.1) is 0 Å². The first-order valence-corrected chi connectivity index (χ1v) is 5.87. The zero-order valence-electron chi connectivity index (χ0n) is 9.57. The average Bonchev–Trinajstić information content (AvgIpc) is 2.33. The maximum absolute atomic E-state index is 11.7. The number of benzene rings is 1. The number of carboxylic acids is 1. The van der Waals surface area contributed by atoms with Crippen LogP contribution < -0.4 is 10.6 Å². The highest BCUT2D eigenvalue weighted by Gasteiger charge is 2.12. The van der Waals surface area contributed by atoms with Crippen molar-refractivity contribution in [3.05, 3.63) is 33.8 Å². The van der Waals surface area contributed by atoms with E-state index in [-0.39, 0.29) is 17.1 Å².